The normalized spacial score (nSPS) is 14.5. The Labute approximate surface area is 155 Å². The lowest BCUT2D eigenvalue weighted by molar-refractivity contribution is 0.0513. The molecule has 0 aliphatic rings. The Morgan fingerprint density at radius 1 is 0.640 bits per heavy atom. The number of rotatable bonds is 15. The van der Waals surface area contributed by atoms with Crippen molar-refractivity contribution in [2.24, 2.45) is 0 Å². The van der Waals surface area contributed by atoms with Crippen LogP contribution in [0.25, 0.3) is 0 Å². The van der Waals surface area contributed by atoms with Crippen molar-refractivity contribution in [3.05, 3.63) is 72.9 Å². The molecule has 1 atom stereocenters. The van der Waals surface area contributed by atoms with Crippen molar-refractivity contribution < 1.29 is 9.84 Å². The molecule has 0 aliphatic heterocycles. The second-order valence-corrected chi connectivity index (χ2v) is 5.69. The molecule has 140 valence electrons. The summed E-state index contributed by atoms with van der Waals surface area (Å²) in [4.78, 5) is 0. The lowest BCUT2D eigenvalue weighted by atomic mass is 10.2. The standard InChI is InChI=1S/C23H36O2/c1-3-4-5-6-7-8-9-10-11-12-13-14-15-16-17-18-19-20-21-23(22-24)25-2/h4-5,7-8,10-11,13-14,16-17,19-20,23-24H,3,6,9,12,15,18,21-22H2,1-2H3/b5-4-,8-7-,11-10-,14-13-,17-16-,20-19+. The topological polar surface area (TPSA) is 29.5 Å². The number of allylic oxidation sites excluding steroid dienone is 11. The van der Waals surface area contributed by atoms with E-state index >= 15 is 0 Å². The zero-order valence-electron chi connectivity index (χ0n) is 16.0. The molecule has 0 saturated heterocycles. The van der Waals surface area contributed by atoms with Gasteiger partial charge >= 0.3 is 0 Å². The van der Waals surface area contributed by atoms with E-state index in [-0.39, 0.29) is 12.7 Å². The van der Waals surface area contributed by atoms with Gasteiger partial charge in [0.05, 0.1) is 12.7 Å². The van der Waals surface area contributed by atoms with Crippen LogP contribution in [0.15, 0.2) is 72.9 Å². The first kappa shape index (κ1) is 23.4. The van der Waals surface area contributed by atoms with Crippen LogP contribution in [-0.2, 0) is 4.74 Å². The van der Waals surface area contributed by atoms with E-state index in [0.29, 0.717) is 0 Å². The monoisotopic (exact) mass is 344 g/mol. The van der Waals surface area contributed by atoms with Gasteiger partial charge in [0.25, 0.3) is 0 Å². The first-order valence-electron chi connectivity index (χ1n) is 9.38. The Morgan fingerprint density at radius 3 is 1.32 bits per heavy atom. The van der Waals surface area contributed by atoms with Gasteiger partial charge in [0.15, 0.2) is 0 Å². The highest BCUT2D eigenvalue weighted by atomic mass is 16.5. The molecule has 0 aromatic heterocycles. The molecule has 0 spiro atoms. The Kier molecular flexibility index (Phi) is 19.1. The van der Waals surface area contributed by atoms with Crippen LogP contribution in [0.1, 0.15) is 51.9 Å². The fraction of sp³-hybridized carbons (Fsp3) is 0.478. The predicted molar refractivity (Wildman–Crippen MR) is 111 cm³/mol. The predicted octanol–water partition coefficient (Wildman–Crippen LogP) is 6.08. The van der Waals surface area contributed by atoms with Gasteiger partial charge in [-0.1, -0.05) is 79.8 Å². The third-order valence-electron chi connectivity index (χ3n) is 3.53. The highest BCUT2D eigenvalue weighted by Crippen LogP contribution is 1.99. The average Bonchev–Trinajstić information content (AvgIpc) is 2.64. The number of hydrogen-bond donors (Lipinski definition) is 1. The fourth-order valence-corrected chi connectivity index (χ4v) is 2.02. The fourth-order valence-electron chi connectivity index (χ4n) is 2.02. The minimum Gasteiger partial charge on any atom is -0.394 e. The molecule has 2 nitrogen and oxygen atoms in total. The number of hydrogen-bond acceptors (Lipinski definition) is 2. The molecular weight excluding hydrogens is 308 g/mol. The van der Waals surface area contributed by atoms with E-state index in [0.717, 1.165) is 44.9 Å². The van der Waals surface area contributed by atoms with E-state index in [1.165, 1.54) is 0 Å². The first-order valence-corrected chi connectivity index (χ1v) is 9.38. The van der Waals surface area contributed by atoms with E-state index in [9.17, 15) is 0 Å². The van der Waals surface area contributed by atoms with Gasteiger partial charge in [-0.05, 0) is 44.9 Å². The SMILES string of the molecule is CC/C=C\C/C=C\C/C=C\C/C=C\C/C=C\C/C=C/CC(CO)OC. The molecule has 0 amide bonds. The van der Waals surface area contributed by atoms with Crippen molar-refractivity contribution in [1.82, 2.24) is 0 Å². The largest absolute Gasteiger partial charge is 0.394 e. The van der Waals surface area contributed by atoms with E-state index < -0.39 is 0 Å². The quantitative estimate of drug-likeness (QED) is 0.365. The molecule has 0 bridgehead atoms. The zero-order chi connectivity index (χ0) is 18.4. The summed E-state index contributed by atoms with van der Waals surface area (Å²) in [6, 6.07) is 0. The third kappa shape index (κ3) is 18.5. The molecule has 1 unspecified atom stereocenters. The summed E-state index contributed by atoms with van der Waals surface area (Å²) >= 11 is 0. The summed E-state index contributed by atoms with van der Waals surface area (Å²) in [7, 11) is 1.62. The second kappa shape index (κ2) is 20.4. The van der Waals surface area contributed by atoms with Gasteiger partial charge in [-0.15, -0.1) is 0 Å². The zero-order valence-corrected chi connectivity index (χ0v) is 16.0. The smallest absolute Gasteiger partial charge is 0.0836 e. The molecule has 0 radical (unpaired) electrons. The number of methoxy groups -OCH3 is 1. The lowest BCUT2D eigenvalue weighted by Gasteiger charge is -2.07. The minimum atomic E-state index is -0.0791. The maximum atomic E-state index is 8.98. The van der Waals surface area contributed by atoms with Crippen LogP contribution >= 0.6 is 0 Å². The van der Waals surface area contributed by atoms with E-state index in [2.05, 4.69) is 79.8 Å². The molecule has 0 heterocycles. The molecule has 0 aromatic rings. The lowest BCUT2D eigenvalue weighted by Crippen LogP contribution is -2.13. The molecule has 0 rings (SSSR count). The Balaban J connectivity index is 3.57. The van der Waals surface area contributed by atoms with Gasteiger partial charge in [-0.2, -0.15) is 0 Å². The summed E-state index contributed by atoms with van der Waals surface area (Å²) in [5.41, 5.74) is 0. The maximum Gasteiger partial charge on any atom is 0.0836 e. The number of ether oxygens (including phenoxy) is 1. The molecule has 0 aromatic carbocycles. The van der Waals surface area contributed by atoms with Gasteiger partial charge in [0.1, 0.15) is 0 Å². The number of aliphatic hydroxyl groups excluding tert-OH is 1. The molecule has 0 saturated carbocycles. The van der Waals surface area contributed by atoms with Crippen molar-refractivity contribution >= 4 is 0 Å². The molecule has 0 fully saturated rings. The summed E-state index contributed by atoms with van der Waals surface area (Å²) in [5.74, 6) is 0. The molecule has 25 heavy (non-hydrogen) atoms. The first-order chi connectivity index (χ1) is 12.3. The van der Waals surface area contributed by atoms with Crippen LogP contribution in [0, 0.1) is 0 Å². The van der Waals surface area contributed by atoms with Crippen molar-refractivity contribution in [2.75, 3.05) is 13.7 Å². The van der Waals surface area contributed by atoms with Crippen LogP contribution in [0.2, 0.25) is 0 Å². The minimum absolute atomic E-state index is 0.0719. The Morgan fingerprint density at radius 2 is 1.00 bits per heavy atom. The van der Waals surface area contributed by atoms with Crippen LogP contribution < -0.4 is 0 Å². The van der Waals surface area contributed by atoms with Gasteiger partial charge < -0.3 is 9.84 Å². The highest BCUT2D eigenvalue weighted by molar-refractivity contribution is 5.01. The van der Waals surface area contributed by atoms with Crippen molar-refractivity contribution in [3.8, 4) is 0 Å². The Hall–Kier alpha value is -1.64. The van der Waals surface area contributed by atoms with Crippen molar-refractivity contribution in [3.63, 3.8) is 0 Å². The van der Waals surface area contributed by atoms with Crippen molar-refractivity contribution in [1.29, 1.82) is 0 Å². The van der Waals surface area contributed by atoms with Crippen LogP contribution in [-0.4, -0.2) is 24.9 Å². The van der Waals surface area contributed by atoms with E-state index in [4.69, 9.17) is 9.84 Å². The maximum absolute atomic E-state index is 8.98. The van der Waals surface area contributed by atoms with Crippen LogP contribution in [0.3, 0.4) is 0 Å². The molecule has 0 aliphatic carbocycles. The Bertz CT molecular complexity index is 435. The molecule has 1 N–H and O–H groups in total. The summed E-state index contributed by atoms with van der Waals surface area (Å²) < 4.78 is 5.09. The molecule has 2 heteroatoms. The van der Waals surface area contributed by atoms with Gasteiger partial charge in [-0.3, -0.25) is 0 Å². The van der Waals surface area contributed by atoms with E-state index in [1.807, 2.05) is 0 Å². The molecular formula is C23H36O2. The summed E-state index contributed by atoms with van der Waals surface area (Å²) in [6.07, 6.45) is 32.9. The van der Waals surface area contributed by atoms with E-state index in [1.54, 1.807) is 7.11 Å². The van der Waals surface area contributed by atoms with Crippen LogP contribution in [0.4, 0.5) is 0 Å². The summed E-state index contributed by atoms with van der Waals surface area (Å²) in [5, 5.41) is 8.98. The third-order valence-corrected chi connectivity index (χ3v) is 3.53. The van der Waals surface area contributed by atoms with Gasteiger partial charge in [0, 0.05) is 7.11 Å². The van der Waals surface area contributed by atoms with Crippen LogP contribution in [0.5, 0.6) is 0 Å². The van der Waals surface area contributed by atoms with Gasteiger partial charge in [-0.25, -0.2) is 0 Å². The highest BCUT2D eigenvalue weighted by Gasteiger charge is 2.00. The average molecular weight is 345 g/mol. The number of aliphatic hydroxyl groups is 1. The summed E-state index contributed by atoms with van der Waals surface area (Å²) in [6.45, 7) is 2.23. The van der Waals surface area contributed by atoms with Crippen molar-refractivity contribution in [2.45, 2.75) is 58.0 Å². The van der Waals surface area contributed by atoms with Gasteiger partial charge in [0.2, 0.25) is 0 Å². The second-order valence-electron chi connectivity index (χ2n) is 5.69.